The van der Waals surface area contributed by atoms with E-state index in [0.717, 1.165) is 6.07 Å². The second kappa shape index (κ2) is 5.09. The van der Waals surface area contributed by atoms with Crippen LogP contribution in [-0.2, 0) is 6.18 Å². The van der Waals surface area contributed by atoms with Gasteiger partial charge in [-0.1, -0.05) is 15.9 Å². The molecule has 0 radical (unpaired) electrons. The molecule has 1 N–H and O–H groups in total. The molecule has 1 aromatic rings. The summed E-state index contributed by atoms with van der Waals surface area (Å²) >= 11 is 3.06. The van der Waals surface area contributed by atoms with Crippen LogP contribution in [0.1, 0.15) is 18.4 Å². The largest absolute Gasteiger partial charge is 0.418 e. The van der Waals surface area contributed by atoms with Gasteiger partial charge in [0.2, 0.25) is 0 Å². The van der Waals surface area contributed by atoms with E-state index in [0.29, 0.717) is 23.9 Å². The monoisotopic (exact) mass is 323 g/mol. The van der Waals surface area contributed by atoms with E-state index in [1.165, 1.54) is 6.07 Å². The molecule has 18 heavy (non-hydrogen) atoms. The van der Waals surface area contributed by atoms with E-state index >= 15 is 0 Å². The fraction of sp³-hybridized carbons (Fsp3) is 0.500. The summed E-state index contributed by atoms with van der Waals surface area (Å²) < 4.78 is 39.3. The summed E-state index contributed by atoms with van der Waals surface area (Å²) in [5.41, 5.74) is -0.518. The smallest absolute Gasteiger partial charge is 0.391 e. The van der Waals surface area contributed by atoms with Gasteiger partial charge in [0.15, 0.2) is 0 Å². The predicted molar refractivity (Wildman–Crippen MR) is 66.6 cm³/mol. The molecule has 6 heteroatoms. The van der Waals surface area contributed by atoms with Gasteiger partial charge in [-0.15, -0.1) is 0 Å². The molecule has 1 aliphatic heterocycles. The van der Waals surface area contributed by atoms with E-state index < -0.39 is 17.8 Å². The Kier molecular flexibility index (Phi) is 3.87. The molecule has 0 bridgehead atoms. The predicted octanol–water partition coefficient (Wildman–Crippen LogP) is 3.43. The molecule has 1 aliphatic rings. The first kappa shape index (κ1) is 13.7. The summed E-state index contributed by atoms with van der Waals surface area (Å²) in [5, 5.41) is 9.56. The Morgan fingerprint density at radius 3 is 2.67 bits per heavy atom. The molecule has 1 aromatic carbocycles. The molecule has 1 saturated heterocycles. The lowest BCUT2D eigenvalue weighted by atomic mass is 10.1. The normalized spacial score (nSPS) is 21.2. The number of anilines is 1. The van der Waals surface area contributed by atoms with Crippen molar-refractivity contribution in [3.63, 3.8) is 0 Å². The van der Waals surface area contributed by atoms with Crippen molar-refractivity contribution in [3.05, 3.63) is 28.2 Å². The van der Waals surface area contributed by atoms with Crippen LogP contribution in [0.5, 0.6) is 0 Å². The number of halogens is 4. The van der Waals surface area contributed by atoms with Crippen LogP contribution >= 0.6 is 15.9 Å². The topological polar surface area (TPSA) is 23.5 Å². The summed E-state index contributed by atoms with van der Waals surface area (Å²) in [6, 6.07) is 4.12. The Labute approximate surface area is 112 Å². The van der Waals surface area contributed by atoms with Crippen molar-refractivity contribution in [2.45, 2.75) is 25.1 Å². The fourth-order valence-electron chi connectivity index (χ4n) is 2.18. The van der Waals surface area contributed by atoms with Crippen LogP contribution in [0.2, 0.25) is 0 Å². The van der Waals surface area contributed by atoms with Gasteiger partial charge in [0.25, 0.3) is 0 Å². The fourth-order valence-corrected chi connectivity index (χ4v) is 2.55. The Morgan fingerprint density at radius 2 is 2.06 bits per heavy atom. The molecule has 1 atom stereocenters. The number of hydrogen-bond acceptors (Lipinski definition) is 2. The zero-order chi connectivity index (χ0) is 13.3. The maximum atomic E-state index is 13.0. The van der Waals surface area contributed by atoms with Crippen LogP contribution in [0.15, 0.2) is 22.7 Å². The summed E-state index contributed by atoms with van der Waals surface area (Å²) in [6.45, 7) is 0.798. The highest BCUT2D eigenvalue weighted by Crippen LogP contribution is 2.39. The molecule has 2 nitrogen and oxygen atoms in total. The molecule has 100 valence electrons. The minimum Gasteiger partial charge on any atom is -0.391 e. The van der Waals surface area contributed by atoms with Crippen molar-refractivity contribution in [1.82, 2.24) is 0 Å². The van der Waals surface area contributed by atoms with E-state index in [4.69, 9.17) is 0 Å². The number of piperidine rings is 1. The number of alkyl halides is 3. The molecular formula is C12H13BrF3NO. The molecule has 0 aliphatic carbocycles. The van der Waals surface area contributed by atoms with Crippen LogP contribution in [-0.4, -0.2) is 24.3 Å². The number of nitrogens with zero attached hydrogens (tertiary/aromatic N) is 1. The standard InChI is InChI=1S/C12H13BrF3NO/c13-8-3-4-11(10(6-8)12(14,15)16)17-5-1-2-9(18)7-17/h3-4,6,9,18H,1-2,5,7H2. The third kappa shape index (κ3) is 2.98. The SMILES string of the molecule is OC1CCCN(c2ccc(Br)cc2C(F)(F)F)C1. The molecule has 0 saturated carbocycles. The number of benzene rings is 1. The lowest BCUT2D eigenvalue weighted by Crippen LogP contribution is -2.39. The molecule has 1 heterocycles. The van der Waals surface area contributed by atoms with Gasteiger partial charge in [-0.2, -0.15) is 13.2 Å². The first-order chi connectivity index (χ1) is 8.38. The summed E-state index contributed by atoms with van der Waals surface area (Å²) in [5.74, 6) is 0. The maximum absolute atomic E-state index is 13.0. The Hall–Kier alpha value is -0.750. The van der Waals surface area contributed by atoms with E-state index in [1.807, 2.05) is 0 Å². The third-order valence-corrected chi connectivity index (χ3v) is 3.49. The van der Waals surface area contributed by atoms with Crippen molar-refractivity contribution in [3.8, 4) is 0 Å². The van der Waals surface area contributed by atoms with Gasteiger partial charge in [0, 0.05) is 23.2 Å². The second-order valence-corrected chi connectivity index (χ2v) is 5.32. The van der Waals surface area contributed by atoms with Gasteiger partial charge in [-0.25, -0.2) is 0 Å². The van der Waals surface area contributed by atoms with Crippen LogP contribution in [0.4, 0.5) is 18.9 Å². The summed E-state index contributed by atoms with van der Waals surface area (Å²) in [7, 11) is 0. The van der Waals surface area contributed by atoms with E-state index in [1.54, 1.807) is 11.0 Å². The van der Waals surface area contributed by atoms with Crippen molar-refractivity contribution in [2.24, 2.45) is 0 Å². The number of aliphatic hydroxyl groups is 1. The van der Waals surface area contributed by atoms with Crippen LogP contribution < -0.4 is 4.90 Å². The zero-order valence-electron chi connectivity index (χ0n) is 9.54. The van der Waals surface area contributed by atoms with E-state index in [9.17, 15) is 18.3 Å². The minimum absolute atomic E-state index is 0.143. The summed E-state index contributed by atoms with van der Waals surface area (Å²) in [4.78, 5) is 1.60. The van der Waals surface area contributed by atoms with Crippen molar-refractivity contribution >= 4 is 21.6 Å². The van der Waals surface area contributed by atoms with E-state index in [2.05, 4.69) is 15.9 Å². The number of rotatable bonds is 1. The van der Waals surface area contributed by atoms with Crippen LogP contribution in [0.25, 0.3) is 0 Å². The average molecular weight is 324 g/mol. The van der Waals surface area contributed by atoms with Crippen molar-refractivity contribution in [1.29, 1.82) is 0 Å². The molecule has 0 amide bonds. The van der Waals surface area contributed by atoms with Gasteiger partial charge in [0.1, 0.15) is 0 Å². The highest BCUT2D eigenvalue weighted by Gasteiger charge is 2.35. The molecule has 0 aromatic heterocycles. The van der Waals surface area contributed by atoms with Crippen molar-refractivity contribution < 1.29 is 18.3 Å². The quantitative estimate of drug-likeness (QED) is 0.856. The first-order valence-electron chi connectivity index (χ1n) is 5.67. The van der Waals surface area contributed by atoms with Gasteiger partial charge in [-0.3, -0.25) is 0 Å². The minimum atomic E-state index is -4.39. The zero-order valence-corrected chi connectivity index (χ0v) is 11.1. The Bertz CT molecular complexity index is 436. The van der Waals surface area contributed by atoms with Crippen LogP contribution in [0.3, 0.4) is 0 Å². The Balaban J connectivity index is 2.37. The third-order valence-electron chi connectivity index (χ3n) is 3.00. The number of hydrogen-bond donors (Lipinski definition) is 1. The van der Waals surface area contributed by atoms with Gasteiger partial charge >= 0.3 is 6.18 Å². The lowest BCUT2D eigenvalue weighted by Gasteiger charge is -2.33. The number of aliphatic hydroxyl groups excluding tert-OH is 1. The van der Waals surface area contributed by atoms with Crippen LogP contribution in [0, 0.1) is 0 Å². The maximum Gasteiger partial charge on any atom is 0.418 e. The molecule has 1 unspecified atom stereocenters. The first-order valence-corrected chi connectivity index (χ1v) is 6.47. The molecular weight excluding hydrogens is 311 g/mol. The molecule has 2 rings (SSSR count). The van der Waals surface area contributed by atoms with Gasteiger partial charge in [0.05, 0.1) is 11.7 Å². The number of β-amino-alcohol motifs (C(OH)–C–C–N with tert-alkyl or cyclic N) is 1. The van der Waals surface area contributed by atoms with Gasteiger partial charge < -0.3 is 10.0 Å². The van der Waals surface area contributed by atoms with Gasteiger partial charge in [-0.05, 0) is 31.0 Å². The lowest BCUT2D eigenvalue weighted by molar-refractivity contribution is -0.137. The molecule has 1 fully saturated rings. The summed E-state index contributed by atoms with van der Waals surface area (Å²) in [6.07, 6.45) is -3.59. The molecule has 0 spiro atoms. The Morgan fingerprint density at radius 1 is 1.33 bits per heavy atom. The highest BCUT2D eigenvalue weighted by atomic mass is 79.9. The van der Waals surface area contributed by atoms with E-state index in [-0.39, 0.29) is 12.2 Å². The highest BCUT2D eigenvalue weighted by molar-refractivity contribution is 9.10. The second-order valence-electron chi connectivity index (χ2n) is 4.40. The average Bonchev–Trinajstić information content (AvgIpc) is 2.27. The van der Waals surface area contributed by atoms with Crippen molar-refractivity contribution in [2.75, 3.05) is 18.0 Å².